The van der Waals surface area contributed by atoms with E-state index in [-0.39, 0.29) is 22.6 Å². The Morgan fingerprint density at radius 3 is 2.35 bits per heavy atom. The first-order valence-corrected chi connectivity index (χ1v) is 11.8. The van der Waals surface area contributed by atoms with Crippen LogP contribution in [-0.4, -0.2) is 28.4 Å². The van der Waals surface area contributed by atoms with Crippen LogP contribution in [0.5, 0.6) is 11.5 Å². The van der Waals surface area contributed by atoms with Gasteiger partial charge in [-0.15, -0.1) is 0 Å². The summed E-state index contributed by atoms with van der Waals surface area (Å²) in [7, 11) is 0. The number of nitriles is 1. The normalized spacial score (nSPS) is 10.4. The van der Waals surface area contributed by atoms with Crippen molar-refractivity contribution in [2.45, 2.75) is 12.8 Å². The Kier molecular flexibility index (Phi) is 8.14. The smallest absolute Gasteiger partial charge is 0.339 e. The van der Waals surface area contributed by atoms with Crippen LogP contribution in [0.25, 0.3) is 0 Å². The summed E-state index contributed by atoms with van der Waals surface area (Å²) in [4.78, 5) is 31.3. The monoisotopic (exact) mass is 511 g/mol. The van der Waals surface area contributed by atoms with E-state index < -0.39 is 11.8 Å². The number of benzene rings is 3. The minimum Gasteiger partial charge on any atom is -0.478 e. The molecule has 7 nitrogen and oxygen atoms in total. The molecule has 4 aromatic rings. The molecule has 0 unspecified atom stereocenters. The van der Waals surface area contributed by atoms with Crippen LogP contribution in [0.15, 0.2) is 91.1 Å². The summed E-state index contributed by atoms with van der Waals surface area (Å²) in [6.45, 7) is 0.578. The molecular formula is C29H22ClN3O4. The zero-order valence-electron chi connectivity index (χ0n) is 19.7. The first kappa shape index (κ1) is 25.4. The Morgan fingerprint density at radius 1 is 0.973 bits per heavy atom. The number of nitrogens with zero attached hydrogens (tertiary/aromatic N) is 3. The van der Waals surface area contributed by atoms with Gasteiger partial charge < -0.3 is 14.7 Å². The number of pyridine rings is 1. The predicted molar refractivity (Wildman–Crippen MR) is 141 cm³/mol. The molecular weight excluding hydrogens is 490 g/mol. The van der Waals surface area contributed by atoms with E-state index in [0.29, 0.717) is 30.2 Å². The zero-order valence-corrected chi connectivity index (χ0v) is 20.4. The first-order valence-electron chi connectivity index (χ1n) is 11.5. The molecule has 0 aliphatic rings. The fourth-order valence-corrected chi connectivity index (χ4v) is 3.84. The van der Waals surface area contributed by atoms with E-state index in [2.05, 4.69) is 11.1 Å². The molecule has 3 aromatic carbocycles. The second kappa shape index (κ2) is 11.8. The van der Waals surface area contributed by atoms with E-state index in [0.717, 1.165) is 11.4 Å². The lowest BCUT2D eigenvalue weighted by molar-refractivity contribution is 0.0694. The molecule has 0 radical (unpaired) electrons. The first-order chi connectivity index (χ1) is 18.0. The Morgan fingerprint density at radius 2 is 1.70 bits per heavy atom. The molecule has 1 N–H and O–H groups in total. The second-order valence-electron chi connectivity index (χ2n) is 8.05. The molecule has 0 aliphatic carbocycles. The van der Waals surface area contributed by atoms with Crippen LogP contribution < -0.4 is 9.64 Å². The van der Waals surface area contributed by atoms with E-state index >= 15 is 0 Å². The number of ether oxygens (including phenoxy) is 1. The van der Waals surface area contributed by atoms with Crippen LogP contribution in [0.3, 0.4) is 0 Å². The number of para-hydroxylation sites is 1. The maximum Gasteiger partial charge on any atom is 0.339 e. The summed E-state index contributed by atoms with van der Waals surface area (Å²) in [5.74, 6) is -1.00. The molecule has 0 spiro atoms. The Hall–Kier alpha value is -4.67. The van der Waals surface area contributed by atoms with Crippen LogP contribution in [0.2, 0.25) is 5.02 Å². The van der Waals surface area contributed by atoms with Crippen molar-refractivity contribution in [3.63, 3.8) is 0 Å². The van der Waals surface area contributed by atoms with Gasteiger partial charge in [-0.2, -0.15) is 5.26 Å². The molecule has 0 fully saturated rings. The number of ketones is 1. The number of aromatic nitrogens is 1. The van der Waals surface area contributed by atoms with Crippen molar-refractivity contribution in [3.8, 4) is 17.6 Å². The largest absolute Gasteiger partial charge is 0.478 e. The van der Waals surface area contributed by atoms with E-state index in [1.807, 2.05) is 23.1 Å². The van der Waals surface area contributed by atoms with Crippen LogP contribution in [-0.2, 0) is 0 Å². The van der Waals surface area contributed by atoms with Gasteiger partial charge in [0, 0.05) is 29.2 Å². The average Bonchev–Trinajstić information content (AvgIpc) is 2.92. The minimum atomic E-state index is -1.21. The predicted octanol–water partition coefficient (Wildman–Crippen LogP) is 6.90. The van der Waals surface area contributed by atoms with Crippen LogP contribution in [0, 0.1) is 11.3 Å². The molecule has 184 valence electrons. The molecule has 1 heterocycles. The highest BCUT2D eigenvalue weighted by molar-refractivity contribution is 6.30. The van der Waals surface area contributed by atoms with Gasteiger partial charge in [-0.25, -0.2) is 4.79 Å². The maximum absolute atomic E-state index is 13.1. The summed E-state index contributed by atoms with van der Waals surface area (Å²) in [6, 6.07) is 25.9. The number of hydrogen-bond acceptors (Lipinski definition) is 6. The van der Waals surface area contributed by atoms with Crippen molar-refractivity contribution in [1.29, 1.82) is 5.26 Å². The van der Waals surface area contributed by atoms with Crippen molar-refractivity contribution in [2.24, 2.45) is 0 Å². The molecule has 0 bridgehead atoms. The fraction of sp³-hybridized carbons (Fsp3) is 0.103. The lowest BCUT2D eigenvalue weighted by atomic mass is 10.0. The van der Waals surface area contributed by atoms with Gasteiger partial charge in [0.2, 0.25) is 5.78 Å². The minimum absolute atomic E-state index is 0.127. The summed E-state index contributed by atoms with van der Waals surface area (Å²) in [5, 5.41) is 19.2. The van der Waals surface area contributed by atoms with Gasteiger partial charge >= 0.3 is 5.97 Å². The topological polar surface area (TPSA) is 104 Å². The molecule has 0 saturated heterocycles. The number of halogens is 1. The van der Waals surface area contributed by atoms with E-state index in [4.69, 9.17) is 21.6 Å². The zero-order chi connectivity index (χ0) is 26.2. The summed E-state index contributed by atoms with van der Waals surface area (Å²) in [6.07, 6.45) is 2.64. The molecule has 0 saturated carbocycles. The molecule has 0 aliphatic heterocycles. The van der Waals surface area contributed by atoms with Gasteiger partial charge in [-0.3, -0.25) is 9.78 Å². The lowest BCUT2D eigenvalue weighted by Gasteiger charge is -2.24. The molecule has 37 heavy (non-hydrogen) atoms. The van der Waals surface area contributed by atoms with Crippen LogP contribution in [0.1, 0.15) is 39.3 Å². The SMILES string of the molecule is N#CCCCN(c1ccc(Cl)cc1)c1ccc(C(=O)c2ccc(Oc3ccccc3)c(C(=O)O)c2)nc1. The number of unbranched alkanes of at least 4 members (excludes halogenated alkanes) is 1. The number of rotatable bonds is 10. The molecule has 0 atom stereocenters. The molecule has 1 aromatic heterocycles. The number of aromatic carboxylic acids is 1. The van der Waals surface area contributed by atoms with Crippen LogP contribution >= 0.6 is 11.6 Å². The Balaban J connectivity index is 1.58. The summed E-state index contributed by atoms with van der Waals surface area (Å²) in [5.41, 5.74) is 1.85. The van der Waals surface area contributed by atoms with Gasteiger partial charge in [0.25, 0.3) is 0 Å². The van der Waals surface area contributed by atoms with Crippen molar-refractivity contribution >= 4 is 34.7 Å². The molecule has 4 rings (SSSR count). The fourth-order valence-electron chi connectivity index (χ4n) is 3.72. The highest BCUT2D eigenvalue weighted by Crippen LogP contribution is 2.29. The molecule has 0 amide bonds. The highest BCUT2D eigenvalue weighted by atomic mass is 35.5. The number of carboxylic acids is 1. The highest BCUT2D eigenvalue weighted by Gasteiger charge is 2.19. The van der Waals surface area contributed by atoms with Crippen molar-refractivity contribution in [2.75, 3.05) is 11.4 Å². The van der Waals surface area contributed by atoms with E-state index in [9.17, 15) is 14.7 Å². The quantitative estimate of drug-likeness (QED) is 0.182. The Labute approximate surface area is 219 Å². The third kappa shape index (κ3) is 6.31. The summed E-state index contributed by atoms with van der Waals surface area (Å²) >= 11 is 6.03. The van der Waals surface area contributed by atoms with Gasteiger partial charge in [0.1, 0.15) is 22.8 Å². The van der Waals surface area contributed by atoms with Gasteiger partial charge in [-0.1, -0.05) is 29.8 Å². The number of carboxylic acid groups (broad SMARTS) is 1. The van der Waals surface area contributed by atoms with E-state index in [1.165, 1.54) is 18.2 Å². The van der Waals surface area contributed by atoms with Gasteiger partial charge in [0.15, 0.2) is 0 Å². The molecule has 8 heteroatoms. The lowest BCUT2D eigenvalue weighted by Crippen LogP contribution is -2.19. The number of hydrogen-bond donors (Lipinski definition) is 1. The number of anilines is 2. The van der Waals surface area contributed by atoms with Crippen molar-refractivity contribution in [1.82, 2.24) is 4.98 Å². The van der Waals surface area contributed by atoms with Crippen molar-refractivity contribution < 1.29 is 19.4 Å². The van der Waals surface area contributed by atoms with Gasteiger partial charge in [-0.05, 0) is 73.2 Å². The maximum atomic E-state index is 13.1. The number of carbonyl (C=O) groups is 2. The van der Waals surface area contributed by atoms with Crippen molar-refractivity contribution in [3.05, 3.63) is 113 Å². The van der Waals surface area contributed by atoms with Crippen LogP contribution in [0.4, 0.5) is 11.4 Å². The van der Waals surface area contributed by atoms with E-state index in [1.54, 1.807) is 54.7 Å². The van der Waals surface area contributed by atoms with Gasteiger partial charge in [0.05, 0.1) is 18.0 Å². The summed E-state index contributed by atoms with van der Waals surface area (Å²) < 4.78 is 5.70. The third-order valence-electron chi connectivity index (χ3n) is 5.54. The standard InChI is InChI=1S/C29H22ClN3O4/c30-21-9-11-22(12-10-21)33(17-5-4-16-31)23-13-14-26(32-19-23)28(34)20-8-15-27(25(18-20)29(35)36)37-24-6-2-1-3-7-24/h1-3,6-15,18-19H,4-5,17H2,(H,35,36). The second-order valence-corrected chi connectivity index (χ2v) is 8.49. The third-order valence-corrected chi connectivity index (χ3v) is 5.80. The average molecular weight is 512 g/mol. The number of carbonyl (C=O) groups excluding carboxylic acids is 1. The Bertz CT molecular complexity index is 1430.